The number of aliphatic carboxylic acids is 2. The van der Waals surface area contributed by atoms with Crippen LogP contribution in [0.25, 0.3) is 0 Å². The van der Waals surface area contributed by atoms with E-state index in [0.29, 0.717) is 31.6 Å². The van der Waals surface area contributed by atoms with Crippen LogP contribution in [0.1, 0.15) is 30.9 Å². The van der Waals surface area contributed by atoms with Crippen molar-refractivity contribution in [3.63, 3.8) is 0 Å². The van der Waals surface area contributed by atoms with Crippen molar-refractivity contribution in [1.29, 1.82) is 0 Å². The molecule has 1 unspecified atom stereocenters. The predicted octanol–water partition coefficient (Wildman–Crippen LogP) is 2.34. The second kappa shape index (κ2) is 10.1. The molecule has 1 fully saturated rings. The average Bonchev–Trinajstić information content (AvgIpc) is 2.63. The Balaban J connectivity index is 0.000000568. The molecular weight excluding hydrogens is 383 g/mol. The number of esters is 1. The minimum atomic E-state index is -4.34. The van der Waals surface area contributed by atoms with Crippen molar-refractivity contribution in [2.75, 3.05) is 19.7 Å². The number of nitrogens with one attached hydrogen (secondary N) is 1. The molecule has 1 heterocycles. The second-order valence-corrected chi connectivity index (χ2v) is 6.26. The molecule has 0 bridgehead atoms. The van der Waals surface area contributed by atoms with Gasteiger partial charge in [0.15, 0.2) is 0 Å². The predicted molar refractivity (Wildman–Crippen MR) is 91.6 cm³/mol. The Hall–Kier alpha value is -2.62. The first-order chi connectivity index (χ1) is 13.0. The lowest BCUT2D eigenvalue weighted by Crippen LogP contribution is -2.47. The van der Waals surface area contributed by atoms with Crippen LogP contribution >= 0.6 is 0 Å². The third kappa shape index (κ3) is 6.84. The van der Waals surface area contributed by atoms with Crippen LogP contribution in [0.4, 0.5) is 13.2 Å². The average molecular weight is 405 g/mol. The Labute approximate surface area is 159 Å². The summed E-state index contributed by atoms with van der Waals surface area (Å²) < 4.78 is 43.0. The lowest BCUT2D eigenvalue weighted by molar-refractivity contribution is -0.159. The number of carbonyl (C=O) groups is 3. The molecule has 7 nitrogen and oxygen atoms in total. The van der Waals surface area contributed by atoms with E-state index >= 15 is 0 Å². The number of halogens is 3. The van der Waals surface area contributed by atoms with Gasteiger partial charge in [-0.05, 0) is 50.4 Å². The molecule has 28 heavy (non-hydrogen) atoms. The van der Waals surface area contributed by atoms with E-state index in [1.807, 2.05) is 0 Å². The topological polar surface area (TPSA) is 113 Å². The molecule has 1 aliphatic heterocycles. The van der Waals surface area contributed by atoms with Gasteiger partial charge in [-0.15, -0.1) is 0 Å². The van der Waals surface area contributed by atoms with Crippen molar-refractivity contribution in [3.05, 3.63) is 35.4 Å². The molecule has 1 atom stereocenters. The number of carbonyl (C=O) groups excluding carboxylic acids is 1. The fourth-order valence-corrected chi connectivity index (χ4v) is 2.85. The standard InChI is InChI=1S/C16H20F3NO2.C2H2O4/c1-2-22-14(21)15(8-3-9-20-11-15)10-12-4-6-13(7-5-12)16(17,18)19;3-1(4)2(5)6/h4-7,20H,2-3,8-11H2,1H3;(H,3,4)(H,5,6). The molecule has 10 heteroatoms. The van der Waals surface area contributed by atoms with E-state index in [2.05, 4.69) is 5.32 Å². The van der Waals surface area contributed by atoms with Crippen LogP contribution in [0.5, 0.6) is 0 Å². The lowest BCUT2D eigenvalue weighted by Gasteiger charge is -2.35. The van der Waals surface area contributed by atoms with Gasteiger partial charge < -0.3 is 20.3 Å². The second-order valence-electron chi connectivity index (χ2n) is 6.26. The van der Waals surface area contributed by atoms with Gasteiger partial charge in [0.05, 0.1) is 17.6 Å². The molecule has 0 saturated carbocycles. The van der Waals surface area contributed by atoms with Crippen LogP contribution < -0.4 is 5.32 Å². The van der Waals surface area contributed by atoms with Gasteiger partial charge in [-0.25, -0.2) is 9.59 Å². The van der Waals surface area contributed by atoms with Crippen LogP contribution in [0.2, 0.25) is 0 Å². The zero-order chi connectivity index (χ0) is 21.4. The fraction of sp³-hybridized carbons (Fsp3) is 0.500. The molecule has 1 saturated heterocycles. The highest BCUT2D eigenvalue weighted by atomic mass is 19.4. The van der Waals surface area contributed by atoms with Gasteiger partial charge in [-0.3, -0.25) is 4.79 Å². The third-order valence-corrected chi connectivity index (χ3v) is 4.19. The first-order valence-electron chi connectivity index (χ1n) is 8.52. The van der Waals surface area contributed by atoms with E-state index < -0.39 is 29.1 Å². The summed E-state index contributed by atoms with van der Waals surface area (Å²) >= 11 is 0. The maximum atomic E-state index is 12.6. The van der Waals surface area contributed by atoms with Gasteiger partial charge in [-0.1, -0.05) is 12.1 Å². The largest absolute Gasteiger partial charge is 0.473 e. The summed E-state index contributed by atoms with van der Waals surface area (Å²) in [5.74, 6) is -3.92. The molecule has 156 valence electrons. The summed E-state index contributed by atoms with van der Waals surface area (Å²) in [6.07, 6.45) is -2.43. The maximum absolute atomic E-state index is 12.6. The Kier molecular flexibility index (Phi) is 8.42. The molecule has 1 aromatic rings. The highest BCUT2D eigenvalue weighted by molar-refractivity contribution is 6.27. The molecule has 1 aromatic carbocycles. The summed E-state index contributed by atoms with van der Waals surface area (Å²) in [6.45, 7) is 3.38. The fourth-order valence-electron chi connectivity index (χ4n) is 2.85. The van der Waals surface area contributed by atoms with Crippen LogP contribution in [-0.2, 0) is 31.7 Å². The van der Waals surface area contributed by atoms with Gasteiger partial charge in [0, 0.05) is 6.54 Å². The van der Waals surface area contributed by atoms with Crippen molar-refractivity contribution < 1.29 is 42.5 Å². The molecular formula is C18H22F3NO6. The molecule has 0 spiro atoms. The van der Waals surface area contributed by atoms with Gasteiger partial charge in [0.1, 0.15) is 0 Å². The Morgan fingerprint density at radius 3 is 2.11 bits per heavy atom. The van der Waals surface area contributed by atoms with Crippen LogP contribution in [0.3, 0.4) is 0 Å². The molecule has 0 aromatic heterocycles. The number of carboxylic acids is 2. The third-order valence-electron chi connectivity index (χ3n) is 4.19. The van der Waals surface area contributed by atoms with Crippen molar-refractivity contribution in [1.82, 2.24) is 5.32 Å². The maximum Gasteiger partial charge on any atom is 0.416 e. The zero-order valence-electron chi connectivity index (χ0n) is 15.2. The van der Waals surface area contributed by atoms with E-state index in [-0.39, 0.29) is 5.97 Å². The number of piperidine rings is 1. The van der Waals surface area contributed by atoms with Gasteiger partial charge in [0.2, 0.25) is 0 Å². The molecule has 2 rings (SSSR count). The first kappa shape index (κ1) is 23.4. The Morgan fingerprint density at radius 1 is 1.14 bits per heavy atom. The molecule has 0 aliphatic carbocycles. The summed E-state index contributed by atoms with van der Waals surface area (Å²) in [5.41, 5.74) is -0.651. The minimum absolute atomic E-state index is 0.276. The number of ether oxygens (including phenoxy) is 1. The number of alkyl halides is 3. The van der Waals surface area contributed by atoms with E-state index in [9.17, 15) is 18.0 Å². The van der Waals surface area contributed by atoms with Gasteiger partial charge >= 0.3 is 24.1 Å². The molecule has 0 amide bonds. The number of hydrogen-bond acceptors (Lipinski definition) is 5. The highest BCUT2D eigenvalue weighted by Gasteiger charge is 2.41. The SMILES string of the molecule is CCOC(=O)C1(Cc2ccc(C(F)(F)F)cc2)CCCNC1.O=C(O)C(=O)O. The van der Waals surface area contributed by atoms with Gasteiger partial charge in [0.25, 0.3) is 0 Å². The molecule has 0 radical (unpaired) electrons. The number of hydrogen-bond donors (Lipinski definition) is 3. The monoisotopic (exact) mass is 405 g/mol. The summed E-state index contributed by atoms with van der Waals surface area (Å²) in [5, 5.41) is 18.0. The Morgan fingerprint density at radius 2 is 1.71 bits per heavy atom. The van der Waals surface area contributed by atoms with Crippen LogP contribution in [0, 0.1) is 5.41 Å². The number of carboxylic acid groups (broad SMARTS) is 2. The number of benzene rings is 1. The summed E-state index contributed by atoms with van der Waals surface area (Å²) in [4.78, 5) is 30.5. The summed E-state index contributed by atoms with van der Waals surface area (Å²) in [6, 6.07) is 5.01. The summed E-state index contributed by atoms with van der Waals surface area (Å²) in [7, 11) is 0. The zero-order valence-corrected chi connectivity index (χ0v) is 15.2. The van der Waals surface area contributed by atoms with Crippen molar-refractivity contribution >= 4 is 17.9 Å². The van der Waals surface area contributed by atoms with Crippen LogP contribution in [0.15, 0.2) is 24.3 Å². The van der Waals surface area contributed by atoms with Crippen molar-refractivity contribution in [2.24, 2.45) is 5.41 Å². The van der Waals surface area contributed by atoms with Crippen molar-refractivity contribution in [3.8, 4) is 0 Å². The molecule has 3 N–H and O–H groups in total. The smallest absolute Gasteiger partial charge is 0.416 e. The highest BCUT2D eigenvalue weighted by Crippen LogP contribution is 2.34. The van der Waals surface area contributed by atoms with E-state index in [0.717, 1.165) is 25.1 Å². The molecule has 1 aliphatic rings. The minimum Gasteiger partial charge on any atom is -0.473 e. The van der Waals surface area contributed by atoms with E-state index in [4.69, 9.17) is 24.5 Å². The van der Waals surface area contributed by atoms with Crippen LogP contribution in [-0.4, -0.2) is 47.8 Å². The van der Waals surface area contributed by atoms with E-state index in [1.54, 1.807) is 6.92 Å². The van der Waals surface area contributed by atoms with Gasteiger partial charge in [-0.2, -0.15) is 13.2 Å². The normalized spacial score (nSPS) is 19.1. The quantitative estimate of drug-likeness (QED) is 0.521. The first-order valence-corrected chi connectivity index (χ1v) is 8.52. The lowest BCUT2D eigenvalue weighted by atomic mass is 9.75. The number of rotatable bonds is 4. The van der Waals surface area contributed by atoms with E-state index in [1.165, 1.54) is 12.1 Å². The Bertz CT molecular complexity index is 670. The van der Waals surface area contributed by atoms with Crippen molar-refractivity contribution in [2.45, 2.75) is 32.4 Å².